The van der Waals surface area contributed by atoms with Crippen LogP contribution >= 0.6 is 0 Å². The second-order valence-electron chi connectivity index (χ2n) is 11.1. The quantitative estimate of drug-likeness (QED) is 0.656. The Bertz CT molecular complexity index is 475. The molecule has 1 atom stereocenters. The van der Waals surface area contributed by atoms with Gasteiger partial charge in [-0.3, -0.25) is 4.79 Å². The van der Waals surface area contributed by atoms with E-state index in [0.717, 1.165) is 0 Å². The minimum absolute atomic E-state index is 0.00616. The van der Waals surface area contributed by atoms with Crippen molar-refractivity contribution < 1.29 is 4.79 Å². The van der Waals surface area contributed by atoms with Gasteiger partial charge in [0.25, 0.3) is 0 Å². The summed E-state index contributed by atoms with van der Waals surface area (Å²) < 4.78 is 0. The van der Waals surface area contributed by atoms with Gasteiger partial charge in [-0.1, -0.05) is 20.8 Å². The van der Waals surface area contributed by atoms with Crippen molar-refractivity contribution in [3.63, 3.8) is 0 Å². The fourth-order valence-electron chi connectivity index (χ4n) is 8.11. The third kappa shape index (κ3) is 1.80. The van der Waals surface area contributed by atoms with Crippen LogP contribution in [0.1, 0.15) is 80.1 Å². The number of amides is 1. The summed E-state index contributed by atoms with van der Waals surface area (Å²) in [5.74, 6) is 0.431. The molecule has 2 heteroatoms. The van der Waals surface area contributed by atoms with Gasteiger partial charge in [0, 0.05) is 11.0 Å². The fraction of sp³-hybridized carbons (Fsp3) is 0.947. The molecule has 1 heterocycles. The Morgan fingerprint density at radius 2 is 1.24 bits per heavy atom. The SMILES string of the molecule is CC12CC3(C)CC(C)(C1)CC(C1C(=O)N1C(C)(C)C)(C2)C3. The monoisotopic (exact) mass is 289 g/mol. The van der Waals surface area contributed by atoms with Crippen LogP contribution in [0.15, 0.2) is 0 Å². The Kier molecular flexibility index (Phi) is 2.25. The number of carbonyl (C=O) groups excluding carboxylic acids is 1. The van der Waals surface area contributed by atoms with Crippen molar-refractivity contribution in [2.45, 2.75) is 91.6 Å². The van der Waals surface area contributed by atoms with Crippen LogP contribution in [0.3, 0.4) is 0 Å². The first-order valence-electron chi connectivity index (χ1n) is 8.73. The zero-order valence-corrected chi connectivity index (χ0v) is 14.7. The largest absolute Gasteiger partial charge is 0.323 e. The van der Waals surface area contributed by atoms with E-state index in [1.165, 1.54) is 38.5 Å². The number of nitrogens with zero attached hydrogens (tertiary/aromatic N) is 1. The molecular formula is C19H31NO. The summed E-state index contributed by atoms with van der Waals surface area (Å²) in [5.41, 5.74) is 1.70. The minimum Gasteiger partial charge on any atom is -0.323 e. The maximum absolute atomic E-state index is 12.6. The van der Waals surface area contributed by atoms with Crippen molar-refractivity contribution in [2.75, 3.05) is 0 Å². The first-order valence-corrected chi connectivity index (χ1v) is 8.73. The molecule has 5 fully saturated rings. The lowest BCUT2D eigenvalue weighted by Crippen LogP contribution is -2.61. The molecule has 1 aliphatic heterocycles. The molecule has 0 aromatic heterocycles. The van der Waals surface area contributed by atoms with Crippen LogP contribution in [-0.4, -0.2) is 22.4 Å². The van der Waals surface area contributed by atoms with Crippen LogP contribution < -0.4 is 0 Å². The average molecular weight is 289 g/mol. The third-order valence-corrected chi connectivity index (χ3v) is 6.86. The molecule has 0 spiro atoms. The molecule has 21 heavy (non-hydrogen) atoms. The average Bonchev–Trinajstić information content (AvgIpc) is 2.81. The van der Waals surface area contributed by atoms with Crippen LogP contribution in [-0.2, 0) is 4.79 Å². The zero-order valence-electron chi connectivity index (χ0n) is 14.7. The predicted octanol–water partition coefficient (Wildman–Crippen LogP) is 4.38. The normalized spacial score (nSPS) is 55.2. The Morgan fingerprint density at radius 3 is 1.52 bits per heavy atom. The maximum atomic E-state index is 12.6. The van der Waals surface area contributed by atoms with Crippen LogP contribution in [0.25, 0.3) is 0 Å². The Balaban J connectivity index is 1.75. The Morgan fingerprint density at radius 1 is 0.857 bits per heavy atom. The van der Waals surface area contributed by atoms with Gasteiger partial charge in [-0.25, -0.2) is 0 Å². The molecule has 0 aromatic carbocycles. The molecule has 5 rings (SSSR count). The van der Waals surface area contributed by atoms with Gasteiger partial charge in [0.05, 0.1) is 0 Å². The van der Waals surface area contributed by atoms with Crippen molar-refractivity contribution >= 4 is 5.91 Å². The van der Waals surface area contributed by atoms with Crippen LogP contribution in [0.5, 0.6) is 0 Å². The molecule has 0 N–H and O–H groups in total. The van der Waals surface area contributed by atoms with E-state index < -0.39 is 0 Å². The van der Waals surface area contributed by atoms with Crippen LogP contribution in [0.4, 0.5) is 0 Å². The van der Waals surface area contributed by atoms with Gasteiger partial charge in [-0.05, 0) is 75.5 Å². The summed E-state index contributed by atoms with van der Waals surface area (Å²) >= 11 is 0. The van der Waals surface area contributed by atoms with Gasteiger partial charge in [-0.15, -0.1) is 0 Å². The van der Waals surface area contributed by atoms with E-state index in [4.69, 9.17) is 0 Å². The van der Waals surface area contributed by atoms with Crippen molar-refractivity contribution in [1.82, 2.24) is 4.90 Å². The summed E-state index contributed by atoms with van der Waals surface area (Å²) in [6, 6.07) is 0.219. The molecule has 1 saturated heterocycles. The van der Waals surface area contributed by atoms with Gasteiger partial charge >= 0.3 is 0 Å². The van der Waals surface area contributed by atoms with E-state index in [0.29, 0.717) is 22.2 Å². The van der Waals surface area contributed by atoms with Gasteiger partial charge in [0.2, 0.25) is 5.91 Å². The molecule has 4 aliphatic carbocycles. The highest BCUT2D eigenvalue weighted by Gasteiger charge is 2.72. The lowest BCUT2D eigenvalue weighted by atomic mass is 9.36. The lowest BCUT2D eigenvalue weighted by Gasteiger charge is -2.69. The van der Waals surface area contributed by atoms with E-state index >= 15 is 0 Å². The minimum atomic E-state index is -0.00616. The second kappa shape index (κ2) is 3.36. The van der Waals surface area contributed by atoms with Crippen molar-refractivity contribution in [3.8, 4) is 0 Å². The highest BCUT2D eigenvalue weighted by Crippen LogP contribution is 2.76. The molecule has 5 aliphatic rings. The summed E-state index contributed by atoms with van der Waals surface area (Å²) in [4.78, 5) is 14.8. The molecular weight excluding hydrogens is 258 g/mol. The Hall–Kier alpha value is -0.530. The summed E-state index contributed by atoms with van der Waals surface area (Å²) in [6.45, 7) is 14.1. The standard InChI is InChI=1S/C19H31NO/c1-15(2,3)20-13(14(20)21)19-10-16(4)7-17(5,11-19)9-18(6,8-16)12-19/h13H,7-12H2,1-6H3. The van der Waals surface area contributed by atoms with Crippen molar-refractivity contribution in [3.05, 3.63) is 0 Å². The molecule has 1 unspecified atom stereocenters. The van der Waals surface area contributed by atoms with E-state index in [1.807, 2.05) is 0 Å². The number of hydrogen-bond acceptors (Lipinski definition) is 1. The van der Waals surface area contributed by atoms with Crippen LogP contribution in [0.2, 0.25) is 0 Å². The third-order valence-electron chi connectivity index (χ3n) is 6.86. The molecule has 2 nitrogen and oxygen atoms in total. The molecule has 4 bridgehead atoms. The van der Waals surface area contributed by atoms with Gasteiger partial charge in [0.1, 0.15) is 6.04 Å². The predicted molar refractivity (Wildman–Crippen MR) is 84.8 cm³/mol. The van der Waals surface area contributed by atoms with Gasteiger partial charge < -0.3 is 4.90 Å². The van der Waals surface area contributed by atoms with Crippen LogP contribution in [0, 0.1) is 21.7 Å². The first-order chi connectivity index (χ1) is 9.40. The topological polar surface area (TPSA) is 20.1 Å². The fourth-order valence-corrected chi connectivity index (χ4v) is 8.11. The van der Waals surface area contributed by atoms with Crippen molar-refractivity contribution in [1.29, 1.82) is 0 Å². The summed E-state index contributed by atoms with van der Waals surface area (Å²) in [7, 11) is 0. The van der Waals surface area contributed by atoms with E-state index in [2.05, 4.69) is 46.4 Å². The number of hydrogen-bond donors (Lipinski definition) is 0. The van der Waals surface area contributed by atoms with E-state index in [9.17, 15) is 4.79 Å². The molecule has 0 aromatic rings. The molecule has 118 valence electrons. The van der Waals surface area contributed by atoms with Gasteiger partial charge in [-0.2, -0.15) is 0 Å². The lowest BCUT2D eigenvalue weighted by molar-refractivity contribution is -0.187. The smallest absolute Gasteiger partial charge is 0.247 e. The van der Waals surface area contributed by atoms with Crippen molar-refractivity contribution in [2.24, 2.45) is 21.7 Å². The number of carbonyl (C=O) groups is 1. The van der Waals surface area contributed by atoms with E-state index in [1.54, 1.807) is 0 Å². The summed E-state index contributed by atoms with van der Waals surface area (Å²) in [5, 5.41) is 0. The molecule has 0 radical (unpaired) electrons. The zero-order chi connectivity index (χ0) is 15.5. The number of rotatable bonds is 1. The Labute approximate surface area is 129 Å². The van der Waals surface area contributed by atoms with E-state index in [-0.39, 0.29) is 17.0 Å². The maximum Gasteiger partial charge on any atom is 0.247 e. The first kappa shape index (κ1) is 14.1. The van der Waals surface area contributed by atoms with Gasteiger partial charge in [0.15, 0.2) is 0 Å². The molecule has 1 amide bonds. The molecule has 4 saturated carbocycles. The highest BCUT2D eigenvalue weighted by atomic mass is 16.2. The summed E-state index contributed by atoms with van der Waals surface area (Å²) in [6.07, 6.45) is 8.01. The second-order valence-corrected chi connectivity index (χ2v) is 11.1. The highest BCUT2D eigenvalue weighted by molar-refractivity contribution is 5.98.